The van der Waals surface area contributed by atoms with Crippen LogP contribution in [0.25, 0.3) is 22.3 Å². The lowest BCUT2D eigenvalue weighted by Crippen LogP contribution is -2.53. The van der Waals surface area contributed by atoms with Gasteiger partial charge in [-0.25, -0.2) is 19.0 Å². The normalized spacial score (nSPS) is 18.1. The average Bonchev–Trinajstić information content (AvgIpc) is 3.45. The second kappa shape index (κ2) is 12.6. The number of para-hydroxylation sites is 1. The van der Waals surface area contributed by atoms with E-state index in [4.69, 9.17) is 15.6 Å². The number of piperidine rings is 1. The van der Waals surface area contributed by atoms with Gasteiger partial charge in [0.15, 0.2) is 5.65 Å². The third-order valence-electron chi connectivity index (χ3n) is 8.50. The smallest absolute Gasteiger partial charge is 0.264 e. The number of ether oxygens (including phenoxy) is 1. The molecule has 2 saturated heterocycles. The number of piperazine rings is 1. The maximum absolute atomic E-state index is 15.6. The fourth-order valence-electron chi connectivity index (χ4n) is 6.15. The minimum atomic E-state index is -0.533. The highest BCUT2D eigenvalue weighted by Gasteiger charge is 2.33. The number of carbonyl (C=O) groups is 1. The first-order valence-electron chi connectivity index (χ1n) is 15.1. The zero-order valence-electron chi connectivity index (χ0n) is 25.4. The third kappa shape index (κ3) is 6.22. The van der Waals surface area contributed by atoms with Gasteiger partial charge < -0.3 is 20.7 Å². The monoisotopic (exact) mass is 609 g/mol. The number of halogens is 1. The molecule has 2 aliphatic rings. The lowest BCUT2D eigenvalue weighted by atomic mass is 9.97. The molecule has 3 N–H and O–H groups in total. The molecule has 2 fully saturated rings. The maximum Gasteiger partial charge on any atom is 0.264 e. The summed E-state index contributed by atoms with van der Waals surface area (Å²) in [6, 6.07) is 15.6. The second-order valence-electron chi connectivity index (χ2n) is 11.9. The van der Waals surface area contributed by atoms with E-state index >= 15 is 4.39 Å². The minimum Gasteiger partial charge on any atom is -0.457 e. The number of nitrogens with one attached hydrogen (secondary N) is 1. The number of nitriles is 1. The standard InChI is InChI=1S/C33H36FN9O2/c1-33(2,42-15-12-37-13-16-42)18-22(19-35)32(44)41-14-6-7-23(20-41)43-31-28(30(36)38-21-39-31)29(40-43)26-11-10-25(17-27(26)34)45-24-8-4-3-5-9-24/h3-5,8-11,17-18,21,23,37H,6-7,12-16,20H2,1-2H3,(H2,36,38,39)/b22-18+. The number of hydrogen-bond acceptors (Lipinski definition) is 9. The molecule has 12 heteroatoms. The molecule has 11 nitrogen and oxygen atoms in total. The van der Waals surface area contributed by atoms with E-state index in [1.165, 1.54) is 12.4 Å². The highest BCUT2D eigenvalue weighted by Crippen LogP contribution is 2.36. The number of nitrogen functional groups attached to an aromatic ring is 1. The molecule has 45 heavy (non-hydrogen) atoms. The van der Waals surface area contributed by atoms with E-state index in [0.717, 1.165) is 26.2 Å². The van der Waals surface area contributed by atoms with E-state index in [1.807, 2.05) is 32.0 Å². The molecular formula is C33H36FN9O2. The van der Waals surface area contributed by atoms with Crippen LogP contribution in [0.4, 0.5) is 10.2 Å². The van der Waals surface area contributed by atoms with Gasteiger partial charge in [-0.1, -0.05) is 18.2 Å². The van der Waals surface area contributed by atoms with Crippen molar-refractivity contribution in [1.29, 1.82) is 5.26 Å². The Morgan fingerprint density at radius 2 is 1.91 bits per heavy atom. The zero-order chi connectivity index (χ0) is 31.6. The van der Waals surface area contributed by atoms with E-state index in [1.54, 1.807) is 39.9 Å². The number of aromatic nitrogens is 4. The van der Waals surface area contributed by atoms with Crippen LogP contribution in [0.2, 0.25) is 0 Å². The predicted octanol–water partition coefficient (Wildman–Crippen LogP) is 4.30. The summed E-state index contributed by atoms with van der Waals surface area (Å²) in [6.07, 6.45) is 4.56. The van der Waals surface area contributed by atoms with Gasteiger partial charge in [-0.3, -0.25) is 9.69 Å². The van der Waals surface area contributed by atoms with E-state index < -0.39 is 11.4 Å². The summed E-state index contributed by atoms with van der Waals surface area (Å²) >= 11 is 0. The molecule has 2 aromatic heterocycles. The molecule has 1 unspecified atom stereocenters. The van der Waals surface area contributed by atoms with E-state index in [0.29, 0.717) is 54.2 Å². The molecule has 4 aromatic rings. The van der Waals surface area contributed by atoms with E-state index in [2.05, 4.69) is 26.3 Å². The average molecular weight is 610 g/mol. The number of hydrogen-bond donors (Lipinski definition) is 2. The van der Waals surface area contributed by atoms with Crippen molar-refractivity contribution in [2.24, 2.45) is 0 Å². The molecule has 0 spiro atoms. The third-order valence-corrected chi connectivity index (χ3v) is 8.50. The number of amides is 1. The van der Waals surface area contributed by atoms with E-state index in [-0.39, 0.29) is 28.9 Å². The summed E-state index contributed by atoms with van der Waals surface area (Å²) in [7, 11) is 0. The highest BCUT2D eigenvalue weighted by atomic mass is 19.1. The van der Waals surface area contributed by atoms with Crippen LogP contribution in [0, 0.1) is 17.1 Å². The van der Waals surface area contributed by atoms with Crippen molar-refractivity contribution in [1.82, 2.24) is 34.9 Å². The van der Waals surface area contributed by atoms with Crippen molar-refractivity contribution >= 4 is 22.8 Å². The van der Waals surface area contributed by atoms with E-state index in [9.17, 15) is 10.1 Å². The lowest BCUT2D eigenvalue weighted by Gasteiger charge is -2.39. The van der Waals surface area contributed by atoms with Crippen LogP contribution in [-0.2, 0) is 4.79 Å². The van der Waals surface area contributed by atoms with Crippen LogP contribution in [0.5, 0.6) is 11.5 Å². The number of nitrogens with two attached hydrogens (primary N) is 1. The molecule has 2 aromatic carbocycles. The Bertz CT molecular complexity index is 1770. The van der Waals surface area contributed by atoms with Crippen LogP contribution in [0.3, 0.4) is 0 Å². The van der Waals surface area contributed by atoms with Crippen molar-refractivity contribution in [2.75, 3.05) is 45.0 Å². The Morgan fingerprint density at radius 1 is 1.13 bits per heavy atom. The van der Waals surface area contributed by atoms with Crippen molar-refractivity contribution < 1.29 is 13.9 Å². The highest BCUT2D eigenvalue weighted by molar-refractivity contribution is 5.99. The van der Waals surface area contributed by atoms with Gasteiger partial charge in [0.2, 0.25) is 0 Å². The number of carbonyl (C=O) groups excluding carboxylic acids is 1. The van der Waals surface area contributed by atoms with Crippen LogP contribution >= 0.6 is 0 Å². The van der Waals surface area contributed by atoms with Crippen molar-refractivity contribution in [2.45, 2.75) is 38.3 Å². The van der Waals surface area contributed by atoms with Crippen LogP contribution in [0.1, 0.15) is 32.7 Å². The van der Waals surface area contributed by atoms with Crippen molar-refractivity contribution in [3.63, 3.8) is 0 Å². The molecule has 0 saturated carbocycles. The first kappa shape index (κ1) is 30.2. The van der Waals surface area contributed by atoms with Gasteiger partial charge in [-0.15, -0.1) is 0 Å². The zero-order valence-corrected chi connectivity index (χ0v) is 25.4. The van der Waals surface area contributed by atoms with Crippen LogP contribution < -0.4 is 15.8 Å². The Morgan fingerprint density at radius 3 is 2.64 bits per heavy atom. The molecule has 2 aliphatic heterocycles. The van der Waals surface area contributed by atoms with Gasteiger partial charge in [0, 0.05) is 56.4 Å². The minimum absolute atomic E-state index is 0.122. The molecule has 6 rings (SSSR count). The molecule has 0 aliphatic carbocycles. The Balaban J connectivity index is 1.28. The molecule has 232 valence electrons. The number of benzene rings is 2. The second-order valence-corrected chi connectivity index (χ2v) is 11.9. The van der Waals surface area contributed by atoms with Crippen LogP contribution in [0.15, 0.2) is 66.5 Å². The predicted molar refractivity (Wildman–Crippen MR) is 169 cm³/mol. The molecule has 4 heterocycles. The van der Waals surface area contributed by atoms with Gasteiger partial charge in [0.05, 0.1) is 11.4 Å². The first-order chi connectivity index (χ1) is 21.7. The largest absolute Gasteiger partial charge is 0.457 e. The molecule has 0 radical (unpaired) electrons. The number of rotatable bonds is 7. The fourth-order valence-corrected chi connectivity index (χ4v) is 6.15. The fraction of sp³-hybridized carbons (Fsp3) is 0.364. The topological polar surface area (TPSA) is 138 Å². The quantitative estimate of drug-likeness (QED) is 0.232. The molecule has 1 amide bonds. The number of likely N-dealkylation sites (tertiary alicyclic amines) is 1. The summed E-state index contributed by atoms with van der Waals surface area (Å²) in [4.78, 5) is 26.3. The Labute approximate surface area is 261 Å². The van der Waals surface area contributed by atoms with Crippen LogP contribution in [-0.4, -0.2) is 80.3 Å². The van der Waals surface area contributed by atoms with Crippen molar-refractivity contribution in [3.8, 4) is 28.8 Å². The molecule has 1 atom stereocenters. The van der Waals surface area contributed by atoms with Gasteiger partial charge in [-0.05, 0) is 57.0 Å². The van der Waals surface area contributed by atoms with Gasteiger partial charge in [0.25, 0.3) is 5.91 Å². The summed E-state index contributed by atoms with van der Waals surface area (Å²) in [5.41, 5.74) is 6.97. The molecular weight excluding hydrogens is 573 g/mol. The van der Waals surface area contributed by atoms with Crippen molar-refractivity contribution in [3.05, 3.63) is 72.3 Å². The SMILES string of the molecule is CC(C)(/C=C(\C#N)C(=O)N1CCCC(n2nc(-c3ccc(Oc4ccccc4)cc3F)c3c(N)ncnc32)C1)N1CCNCC1. The summed E-state index contributed by atoms with van der Waals surface area (Å²) < 4.78 is 23.1. The Hall–Kier alpha value is -4.86. The van der Waals surface area contributed by atoms with Gasteiger partial charge >= 0.3 is 0 Å². The van der Waals surface area contributed by atoms with Gasteiger partial charge in [0.1, 0.15) is 46.8 Å². The maximum atomic E-state index is 15.6. The number of nitrogens with zero attached hydrogens (tertiary/aromatic N) is 7. The Kier molecular flexibility index (Phi) is 8.47. The van der Waals surface area contributed by atoms with Gasteiger partial charge in [-0.2, -0.15) is 10.4 Å². The summed E-state index contributed by atoms with van der Waals surface area (Å²) in [6.45, 7) is 8.30. The molecule has 0 bridgehead atoms. The summed E-state index contributed by atoms with van der Waals surface area (Å²) in [5, 5.41) is 18.6. The number of anilines is 1. The first-order valence-corrected chi connectivity index (χ1v) is 15.1. The summed E-state index contributed by atoms with van der Waals surface area (Å²) in [5.74, 6) is 0.276. The lowest BCUT2D eigenvalue weighted by molar-refractivity contribution is -0.128. The number of fused-ring (bicyclic) bond motifs is 1.